The summed E-state index contributed by atoms with van der Waals surface area (Å²) in [6.45, 7) is 1.88. The van der Waals surface area contributed by atoms with Gasteiger partial charge in [0.2, 0.25) is 0 Å². The molecule has 2 heterocycles. The Morgan fingerprint density at radius 2 is 1.62 bits per heavy atom. The zero-order chi connectivity index (χ0) is 20.9. The second-order valence-corrected chi connectivity index (χ2v) is 6.16. The molecule has 1 unspecified atom stereocenters. The molecule has 0 amide bonds. The van der Waals surface area contributed by atoms with Gasteiger partial charge in [0, 0.05) is 29.7 Å². The predicted molar refractivity (Wildman–Crippen MR) is 99.6 cm³/mol. The van der Waals surface area contributed by atoms with Crippen LogP contribution in [0, 0.1) is 12.3 Å². The molecule has 2 aromatic heterocycles. The third-order valence-electron chi connectivity index (χ3n) is 4.23. The van der Waals surface area contributed by atoms with E-state index >= 15 is 0 Å². The molecule has 1 aromatic carbocycles. The molecule has 0 saturated carbocycles. The minimum absolute atomic E-state index is 0.0650. The monoisotopic (exact) mass is 399 g/mol. The van der Waals surface area contributed by atoms with Crippen LogP contribution in [0.15, 0.2) is 61.3 Å². The highest BCUT2D eigenvalue weighted by Gasteiger charge is 2.32. The van der Waals surface area contributed by atoms with E-state index in [1.54, 1.807) is 30.7 Å². The molecular formula is C21H16F3N3O2. The Morgan fingerprint density at radius 3 is 2.17 bits per heavy atom. The molecule has 0 N–H and O–H groups in total. The summed E-state index contributed by atoms with van der Waals surface area (Å²) in [7, 11) is 0. The first kappa shape index (κ1) is 20.3. The molecule has 0 saturated heterocycles. The summed E-state index contributed by atoms with van der Waals surface area (Å²) in [5, 5.41) is 0. The number of halogens is 3. The molecule has 5 nitrogen and oxygen atoms in total. The molecule has 0 radical (unpaired) electrons. The number of terminal acetylenes is 1. The molecule has 0 bridgehead atoms. The van der Waals surface area contributed by atoms with Crippen LogP contribution in [0.4, 0.5) is 13.2 Å². The number of benzene rings is 1. The topological polar surface area (TPSA) is 57.1 Å². The number of pyridine rings is 1. The van der Waals surface area contributed by atoms with Gasteiger partial charge >= 0.3 is 6.36 Å². The van der Waals surface area contributed by atoms with Crippen LogP contribution in [-0.4, -0.2) is 27.9 Å². The van der Waals surface area contributed by atoms with Gasteiger partial charge in [-0.1, -0.05) is 24.1 Å². The first-order chi connectivity index (χ1) is 13.8. The molecule has 148 valence electrons. The van der Waals surface area contributed by atoms with E-state index in [2.05, 4.69) is 25.6 Å². The van der Waals surface area contributed by atoms with Crippen LogP contribution in [0.5, 0.6) is 5.75 Å². The molecule has 29 heavy (non-hydrogen) atoms. The molecule has 3 aromatic rings. The first-order valence-electron chi connectivity index (χ1n) is 8.47. The van der Waals surface area contributed by atoms with Crippen molar-refractivity contribution in [2.24, 2.45) is 0 Å². The lowest BCUT2D eigenvalue weighted by molar-refractivity contribution is -0.274. The van der Waals surface area contributed by atoms with Gasteiger partial charge in [-0.25, -0.2) is 9.97 Å². The van der Waals surface area contributed by atoms with Crippen molar-refractivity contribution < 1.29 is 22.6 Å². The van der Waals surface area contributed by atoms with Crippen molar-refractivity contribution in [2.75, 3.05) is 6.61 Å². The second kappa shape index (κ2) is 8.29. The molecular weight excluding hydrogens is 383 g/mol. The van der Waals surface area contributed by atoms with E-state index in [-0.39, 0.29) is 12.4 Å². The number of nitrogens with zero attached hydrogens (tertiary/aromatic N) is 3. The number of ether oxygens (including phenoxy) is 2. The summed E-state index contributed by atoms with van der Waals surface area (Å²) in [5.41, 5.74) is 1.72. The predicted octanol–water partition coefficient (Wildman–Crippen LogP) is 4.35. The summed E-state index contributed by atoms with van der Waals surface area (Å²) in [4.78, 5) is 12.5. The molecule has 0 aliphatic rings. The van der Waals surface area contributed by atoms with Gasteiger partial charge in [0.15, 0.2) is 0 Å². The van der Waals surface area contributed by atoms with E-state index in [9.17, 15) is 13.2 Å². The maximum atomic E-state index is 12.3. The number of hydrogen-bond donors (Lipinski definition) is 0. The van der Waals surface area contributed by atoms with E-state index in [1.165, 1.54) is 30.6 Å². The average molecular weight is 399 g/mol. The molecule has 3 rings (SSSR count). The van der Waals surface area contributed by atoms with Crippen molar-refractivity contribution in [1.82, 2.24) is 15.0 Å². The third-order valence-corrected chi connectivity index (χ3v) is 4.23. The van der Waals surface area contributed by atoms with Crippen LogP contribution in [-0.2, 0) is 10.3 Å². The Labute approximate surface area is 165 Å². The van der Waals surface area contributed by atoms with Gasteiger partial charge in [0.05, 0.1) is 5.69 Å². The average Bonchev–Trinajstić information content (AvgIpc) is 2.72. The van der Waals surface area contributed by atoms with E-state index in [1.807, 2.05) is 6.92 Å². The summed E-state index contributed by atoms with van der Waals surface area (Å²) in [6, 6.07) is 9.10. The van der Waals surface area contributed by atoms with Crippen LogP contribution >= 0.6 is 0 Å². The molecule has 0 fully saturated rings. The Hall–Kier alpha value is -3.44. The fraction of sp³-hybridized carbons (Fsp3) is 0.190. The van der Waals surface area contributed by atoms with Gasteiger partial charge in [-0.2, -0.15) is 0 Å². The maximum absolute atomic E-state index is 12.3. The van der Waals surface area contributed by atoms with Crippen molar-refractivity contribution in [3.63, 3.8) is 0 Å². The minimum Gasteiger partial charge on any atom is -0.406 e. The molecule has 8 heteroatoms. The molecule has 0 spiro atoms. The van der Waals surface area contributed by atoms with Crippen molar-refractivity contribution >= 4 is 0 Å². The summed E-state index contributed by atoms with van der Waals surface area (Å²) in [5.74, 6) is 2.15. The van der Waals surface area contributed by atoms with Crippen LogP contribution in [0.1, 0.15) is 18.2 Å². The fourth-order valence-corrected chi connectivity index (χ4v) is 2.73. The SMILES string of the molecule is C#CCOC(C)(c1cncnc1)c1ccc(-c2ccc(OC(F)(F)F)cc2)cn1. The third kappa shape index (κ3) is 4.89. The largest absolute Gasteiger partial charge is 0.573 e. The van der Waals surface area contributed by atoms with Crippen LogP contribution in [0.2, 0.25) is 0 Å². The van der Waals surface area contributed by atoms with Crippen LogP contribution < -0.4 is 4.74 Å². The highest BCUT2D eigenvalue weighted by Crippen LogP contribution is 2.32. The number of rotatable bonds is 6. The quantitative estimate of drug-likeness (QED) is 0.577. The van der Waals surface area contributed by atoms with Gasteiger partial charge in [0.25, 0.3) is 0 Å². The van der Waals surface area contributed by atoms with E-state index in [0.717, 1.165) is 5.56 Å². The summed E-state index contributed by atoms with van der Waals surface area (Å²) >= 11 is 0. The van der Waals surface area contributed by atoms with Crippen molar-refractivity contribution in [3.05, 3.63) is 72.6 Å². The summed E-state index contributed by atoms with van der Waals surface area (Å²) < 4.78 is 46.6. The van der Waals surface area contributed by atoms with Crippen molar-refractivity contribution in [2.45, 2.75) is 18.9 Å². The lowest BCUT2D eigenvalue weighted by atomic mass is 9.93. The summed E-state index contributed by atoms with van der Waals surface area (Å²) in [6.07, 6.45) is 6.87. The van der Waals surface area contributed by atoms with Crippen LogP contribution in [0.3, 0.4) is 0 Å². The van der Waals surface area contributed by atoms with Gasteiger partial charge in [-0.3, -0.25) is 4.98 Å². The van der Waals surface area contributed by atoms with E-state index in [4.69, 9.17) is 11.2 Å². The second-order valence-electron chi connectivity index (χ2n) is 6.16. The Balaban J connectivity index is 1.87. The fourth-order valence-electron chi connectivity index (χ4n) is 2.73. The van der Waals surface area contributed by atoms with Gasteiger partial charge < -0.3 is 9.47 Å². The Bertz CT molecular complexity index is 985. The van der Waals surface area contributed by atoms with Gasteiger partial charge in [-0.15, -0.1) is 19.6 Å². The minimum atomic E-state index is -4.73. The van der Waals surface area contributed by atoms with Gasteiger partial charge in [0.1, 0.15) is 24.3 Å². The zero-order valence-electron chi connectivity index (χ0n) is 15.3. The number of alkyl halides is 3. The van der Waals surface area contributed by atoms with Crippen LogP contribution in [0.25, 0.3) is 11.1 Å². The highest BCUT2D eigenvalue weighted by molar-refractivity contribution is 5.63. The molecule has 0 aliphatic heterocycles. The number of hydrogen-bond acceptors (Lipinski definition) is 5. The van der Waals surface area contributed by atoms with Crippen molar-refractivity contribution in [1.29, 1.82) is 0 Å². The van der Waals surface area contributed by atoms with E-state index in [0.29, 0.717) is 16.8 Å². The maximum Gasteiger partial charge on any atom is 0.573 e. The molecule has 1 atom stereocenters. The normalized spacial score (nSPS) is 13.3. The zero-order valence-corrected chi connectivity index (χ0v) is 15.3. The number of aromatic nitrogens is 3. The highest BCUT2D eigenvalue weighted by atomic mass is 19.4. The Morgan fingerprint density at radius 1 is 0.966 bits per heavy atom. The van der Waals surface area contributed by atoms with E-state index < -0.39 is 12.0 Å². The van der Waals surface area contributed by atoms with Gasteiger partial charge in [-0.05, 0) is 30.7 Å². The lowest BCUT2D eigenvalue weighted by Crippen LogP contribution is -2.29. The Kier molecular flexibility index (Phi) is 5.80. The molecule has 0 aliphatic carbocycles. The lowest BCUT2D eigenvalue weighted by Gasteiger charge is -2.28. The smallest absolute Gasteiger partial charge is 0.406 e. The first-order valence-corrected chi connectivity index (χ1v) is 8.47. The van der Waals surface area contributed by atoms with Crippen molar-refractivity contribution in [3.8, 4) is 29.2 Å². The standard InChI is InChI=1S/C21H16F3N3O2/c1-3-10-28-20(2,17-12-25-14-26-13-17)19-9-6-16(11-27-19)15-4-7-18(8-5-15)29-21(22,23)24/h1,4-9,11-14H,10H2,2H3.